The van der Waals surface area contributed by atoms with E-state index in [4.69, 9.17) is 24.9 Å². The second kappa shape index (κ2) is 15.4. The number of rotatable bonds is 8. The Labute approximate surface area is 353 Å². The summed E-state index contributed by atoms with van der Waals surface area (Å²) < 4.78 is 2.37. The van der Waals surface area contributed by atoms with Gasteiger partial charge >= 0.3 is 0 Å². The smallest absolute Gasteiger partial charge is 0.164 e. The summed E-state index contributed by atoms with van der Waals surface area (Å²) >= 11 is 0. The van der Waals surface area contributed by atoms with E-state index < -0.39 is 0 Å². The van der Waals surface area contributed by atoms with Crippen molar-refractivity contribution < 1.29 is 0 Å². The summed E-state index contributed by atoms with van der Waals surface area (Å²) in [5.41, 5.74) is 12.5. The van der Waals surface area contributed by atoms with Crippen molar-refractivity contribution in [1.82, 2.24) is 29.5 Å². The quantitative estimate of drug-likeness (QED) is 0.154. The maximum Gasteiger partial charge on any atom is 0.164 e. The molecule has 0 bridgehead atoms. The van der Waals surface area contributed by atoms with Crippen molar-refractivity contribution in [2.75, 3.05) is 0 Å². The molecule has 0 atom stereocenters. The summed E-state index contributed by atoms with van der Waals surface area (Å²) in [4.78, 5) is 26.0. The van der Waals surface area contributed by atoms with Gasteiger partial charge in [-0.3, -0.25) is 0 Å². The predicted octanol–water partition coefficient (Wildman–Crippen LogP) is 13.4. The van der Waals surface area contributed by atoms with Gasteiger partial charge in [0.1, 0.15) is 0 Å². The minimum absolute atomic E-state index is 0.560. The molecule has 11 rings (SSSR count). The number of para-hydroxylation sites is 3. The van der Waals surface area contributed by atoms with Crippen LogP contribution in [-0.4, -0.2) is 29.5 Å². The number of hydrogen-bond donors (Lipinski definition) is 0. The molecule has 6 nitrogen and oxygen atoms in total. The lowest BCUT2D eigenvalue weighted by Gasteiger charge is -2.17. The van der Waals surface area contributed by atoms with Crippen LogP contribution >= 0.6 is 0 Å². The van der Waals surface area contributed by atoms with E-state index in [2.05, 4.69) is 126 Å². The van der Waals surface area contributed by atoms with Crippen molar-refractivity contribution >= 4 is 21.8 Å². The summed E-state index contributed by atoms with van der Waals surface area (Å²) in [6, 6.07) is 75.1. The fraction of sp³-hybridized carbons (Fsp3) is 0. The molecule has 0 aliphatic heterocycles. The summed E-state index contributed by atoms with van der Waals surface area (Å²) in [6.45, 7) is 0. The van der Waals surface area contributed by atoms with Crippen molar-refractivity contribution in [3.8, 4) is 84.9 Å². The maximum atomic E-state index is 5.29. The molecule has 0 saturated heterocycles. The molecule has 3 aromatic heterocycles. The predicted molar refractivity (Wildman–Crippen MR) is 248 cm³/mol. The number of fused-ring (bicyclic) bond motifs is 3. The Kier molecular flexibility index (Phi) is 9.06. The highest BCUT2D eigenvalue weighted by Crippen LogP contribution is 2.43. The molecular formula is C55H36N6. The molecule has 8 aromatic carbocycles. The highest BCUT2D eigenvalue weighted by atomic mass is 15.0. The standard InChI is InChI=1S/C55H36N6/c1-6-19-37(20-7-1)48-36-49(57-52(56-48)38-21-8-2-9-22-38)41-33-34-43(45-30-18-31-46-44-29-16-17-32-50(44)61(51(45)46)42-27-14-5-15-28-42)47(35-41)55-59-53(39-23-10-3-11-24-39)58-54(60-55)40-25-12-4-13-26-40/h1-36H. The molecule has 0 amide bonds. The molecule has 286 valence electrons. The molecule has 61 heavy (non-hydrogen) atoms. The molecule has 0 N–H and O–H groups in total. The Bertz CT molecular complexity index is 3220. The molecular weight excluding hydrogens is 745 g/mol. The van der Waals surface area contributed by atoms with E-state index in [1.165, 1.54) is 5.39 Å². The van der Waals surface area contributed by atoms with Crippen LogP contribution in [0.2, 0.25) is 0 Å². The van der Waals surface area contributed by atoms with Gasteiger partial charge in [-0.15, -0.1) is 0 Å². The Morgan fingerprint density at radius 3 is 1.36 bits per heavy atom. The first-order valence-electron chi connectivity index (χ1n) is 20.3. The third kappa shape index (κ3) is 6.72. The Morgan fingerprint density at radius 2 is 0.754 bits per heavy atom. The fourth-order valence-corrected chi connectivity index (χ4v) is 8.20. The molecule has 0 unspecified atom stereocenters. The van der Waals surface area contributed by atoms with Crippen molar-refractivity contribution in [3.05, 3.63) is 218 Å². The Hall–Kier alpha value is -8.35. The number of benzene rings is 8. The van der Waals surface area contributed by atoms with E-state index in [0.29, 0.717) is 23.3 Å². The number of hydrogen-bond acceptors (Lipinski definition) is 5. The molecule has 11 aromatic rings. The van der Waals surface area contributed by atoms with Crippen LogP contribution in [0.4, 0.5) is 0 Å². The first kappa shape index (κ1) is 35.8. The van der Waals surface area contributed by atoms with Gasteiger partial charge in [-0.1, -0.05) is 188 Å². The van der Waals surface area contributed by atoms with E-state index in [0.717, 1.165) is 78.0 Å². The topological polar surface area (TPSA) is 69.4 Å². The van der Waals surface area contributed by atoms with Crippen LogP contribution in [0.3, 0.4) is 0 Å². The van der Waals surface area contributed by atoms with E-state index in [1.807, 2.05) is 97.1 Å². The van der Waals surface area contributed by atoms with E-state index in [-0.39, 0.29) is 0 Å². The second-order valence-electron chi connectivity index (χ2n) is 14.9. The van der Waals surface area contributed by atoms with Crippen molar-refractivity contribution in [1.29, 1.82) is 0 Å². The highest BCUT2D eigenvalue weighted by Gasteiger charge is 2.22. The molecule has 0 aliphatic carbocycles. The normalized spacial score (nSPS) is 11.3. The molecule has 0 fully saturated rings. The van der Waals surface area contributed by atoms with Crippen LogP contribution in [-0.2, 0) is 0 Å². The molecule has 6 heteroatoms. The third-order valence-corrected chi connectivity index (χ3v) is 11.1. The maximum absolute atomic E-state index is 5.29. The lowest BCUT2D eigenvalue weighted by Crippen LogP contribution is -2.02. The molecule has 0 saturated carbocycles. The summed E-state index contributed by atoms with van der Waals surface area (Å²) in [7, 11) is 0. The van der Waals surface area contributed by atoms with Crippen LogP contribution in [0.25, 0.3) is 107 Å². The SMILES string of the molecule is c1ccc(-c2cc(-c3ccc(-c4cccc5c6ccccc6n(-c6ccccc6)c45)c(-c4nc(-c5ccccc5)nc(-c5ccccc5)n4)c3)nc(-c3ccccc3)n2)cc1. The molecule has 0 aliphatic rings. The van der Waals surface area contributed by atoms with Gasteiger partial charge in [0.2, 0.25) is 0 Å². The molecule has 0 spiro atoms. The van der Waals surface area contributed by atoms with Gasteiger partial charge in [-0.25, -0.2) is 24.9 Å². The zero-order chi connectivity index (χ0) is 40.5. The minimum Gasteiger partial charge on any atom is -0.309 e. The molecule has 3 heterocycles. The fourth-order valence-electron chi connectivity index (χ4n) is 8.20. The lowest BCUT2D eigenvalue weighted by atomic mass is 9.93. The number of nitrogens with zero attached hydrogens (tertiary/aromatic N) is 6. The van der Waals surface area contributed by atoms with Crippen molar-refractivity contribution in [2.24, 2.45) is 0 Å². The average Bonchev–Trinajstić information content (AvgIpc) is 3.70. The Morgan fingerprint density at radius 1 is 0.279 bits per heavy atom. The summed E-state index contributed by atoms with van der Waals surface area (Å²) in [6.07, 6.45) is 0. The average molecular weight is 781 g/mol. The van der Waals surface area contributed by atoms with E-state index >= 15 is 0 Å². The zero-order valence-corrected chi connectivity index (χ0v) is 33.0. The first-order valence-corrected chi connectivity index (χ1v) is 20.3. The van der Waals surface area contributed by atoms with Gasteiger partial charge in [-0.2, -0.15) is 0 Å². The molecule has 0 radical (unpaired) electrons. The summed E-state index contributed by atoms with van der Waals surface area (Å²) in [5.74, 6) is 2.40. The number of aromatic nitrogens is 6. The van der Waals surface area contributed by atoms with Gasteiger partial charge in [0.25, 0.3) is 0 Å². The third-order valence-electron chi connectivity index (χ3n) is 11.1. The van der Waals surface area contributed by atoms with Gasteiger partial charge in [0, 0.05) is 55.4 Å². The van der Waals surface area contributed by atoms with Crippen LogP contribution in [0, 0.1) is 0 Å². The summed E-state index contributed by atoms with van der Waals surface area (Å²) in [5, 5.41) is 2.34. The van der Waals surface area contributed by atoms with Crippen LogP contribution in [0.1, 0.15) is 0 Å². The van der Waals surface area contributed by atoms with E-state index in [1.54, 1.807) is 0 Å². The Balaban J connectivity index is 1.22. The zero-order valence-electron chi connectivity index (χ0n) is 33.0. The van der Waals surface area contributed by atoms with Crippen molar-refractivity contribution in [3.63, 3.8) is 0 Å². The van der Waals surface area contributed by atoms with Crippen LogP contribution in [0.15, 0.2) is 218 Å². The largest absolute Gasteiger partial charge is 0.309 e. The van der Waals surface area contributed by atoms with Crippen molar-refractivity contribution in [2.45, 2.75) is 0 Å². The van der Waals surface area contributed by atoms with Gasteiger partial charge < -0.3 is 4.57 Å². The van der Waals surface area contributed by atoms with Gasteiger partial charge in [-0.05, 0) is 35.9 Å². The second-order valence-corrected chi connectivity index (χ2v) is 14.9. The lowest BCUT2D eigenvalue weighted by molar-refractivity contribution is 1.07. The minimum atomic E-state index is 0.560. The van der Waals surface area contributed by atoms with E-state index in [9.17, 15) is 0 Å². The van der Waals surface area contributed by atoms with Crippen LogP contribution in [0.5, 0.6) is 0 Å². The first-order chi connectivity index (χ1) is 30.2. The van der Waals surface area contributed by atoms with Crippen LogP contribution < -0.4 is 0 Å². The van der Waals surface area contributed by atoms with Gasteiger partial charge in [0.05, 0.1) is 22.4 Å². The highest BCUT2D eigenvalue weighted by molar-refractivity contribution is 6.14. The van der Waals surface area contributed by atoms with Gasteiger partial charge in [0.15, 0.2) is 23.3 Å². The monoisotopic (exact) mass is 780 g/mol.